The minimum Gasteiger partial charge on any atom is -0.493 e. The molecule has 1 N–H and O–H groups in total. The average molecular weight is 378 g/mol. The number of aliphatic carboxylic acids is 1. The molecule has 2 amide bonds. The van der Waals surface area contributed by atoms with Crippen LogP contribution in [0.3, 0.4) is 0 Å². The van der Waals surface area contributed by atoms with Crippen molar-refractivity contribution in [2.24, 2.45) is 0 Å². The SMILES string of the molecule is COc1ccccc1OCC(=O)N1CCCC(N(CC(=O)O)C(C)=O)CC1. The van der Waals surface area contributed by atoms with Gasteiger partial charge in [0.15, 0.2) is 18.1 Å². The van der Waals surface area contributed by atoms with E-state index < -0.39 is 5.97 Å². The van der Waals surface area contributed by atoms with Crippen molar-refractivity contribution in [2.75, 3.05) is 33.4 Å². The van der Waals surface area contributed by atoms with Crippen LogP contribution < -0.4 is 9.47 Å². The number of rotatable bonds is 7. The van der Waals surface area contributed by atoms with E-state index in [-0.39, 0.29) is 31.0 Å². The molecule has 1 aliphatic heterocycles. The molecule has 1 aromatic rings. The number of hydrogen-bond donors (Lipinski definition) is 1. The molecule has 1 atom stereocenters. The molecule has 0 aromatic heterocycles. The van der Waals surface area contributed by atoms with Crippen molar-refractivity contribution < 1.29 is 29.0 Å². The van der Waals surface area contributed by atoms with Gasteiger partial charge in [-0.15, -0.1) is 0 Å². The van der Waals surface area contributed by atoms with Gasteiger partial charge in [-0.3, -0.25) is 14.4 Å². The summed E-state index contributed by atoms with van der Waals surface area (Å²) < 4.78 is 10.8. The summed E-state index contributed by atoms with van der Waals surface area (Å²) in [6, 6.07) is 6.94. The fraction of sp³-hybridized carbons (Fsp3) is 0.526. The summed E-state index contributed by atoms with van der Waals surface area (Å²) in [6.07, 6.45) is 1.92. The second kappa shape index (κ2) is 9.80. The molecule has 1 unspecified atom stereocenters. The van der Waals surface area contributed by atoms with Gasteiger partial charge >= 0.3 is 5.97 Å². The van der Waals surface area contributed by atoms with Crippen LogP contribution >= 0.6 is 0 Å². The smallest absolute Gasteiger partial charge is 0.323 e. The maximum Gasteiger partial charge on any atom is 0.323 e. The van der Waals surface area contributed by atoms with Gasteiger partial charge in [0.2, 0.25) is 5.91 Å². The number of methoxy groups -OCH3 is 1. The molecular formula is C19H26N2O6. The minimum atomic E-state index is -1.03. The molecule has 0 aliphatic carbocycles. The van der Waals surface area contributed by atoms with Gasteiger partial charge in [0, 0.05) is 26.1 Å². The maximum absolute atomic E-state index is 12.5. The molecule has 8 heteroatoms. The molecule has 0 radical (unpaired) electrons. The van der Waals surface area contributed by atoms with E-state index in [0.717, 1.165) is 0 Å². The third-order valence-electron chi connectivity index (χ3n) is 4.62. The van der Waals surface area contributed by atoms with Crippen LogP contribution in [0.1, 0.15) is 26.2 Å². The zero-order chi connectivity index (χ0) is 19.8. The molecule has 1 aliphatic rings. The molecule has 27 heavy (non-hydrogen) atoms. The Hall–Kier alpha value is -2.77. The van der Waals surface area contributed by atoms with Crippen LogP contribution in [-0.4, -0.2) is 72.1 Å². The lowest BCUT2D eigenvalue weighted by Gasteiger charge is -2.28. The fourth-order valence-corrected chi connectivity index (χ4v) is 3.25. The van der Waals surface area contributed by atoms with Gasteiger partial charge in [0.25, 0.3) is 5.91 Å². The standard InChI is InChI=1S/C19H26N2O6/c1-14(22)21(12-19(24)25)15-6-5-10-20(11-9-15)18(23)13-27-17-8-4-3-7-16(17)26-2/h3-4,7-8,15H,5-6,9-13H2,1-2H3,(H,24,25). The number of amides is 2. The molecule has 0 saturated carbocycles. The highest BCUT2D eigenvalue weighted by Crippen LogP contribution is 2.26. The second-order valence-electron chi connectivity index (χ2n) is 6.45. The summed E-state index contributed by atoms with van der Waals surface area (Å²) in [5.74, 6) is -0.374. The quantitative estimate of drug-likeness (QED) is 0.770. The Bertz CT molecular complexity index is 678. The molecule has 1 saturated heterocycles. The lowest BCUT2D eigenvalue weighted by atomic mass is 10.1. The number of hydrogen-bond acceptors (Lipinski definition) is 5. The van der Waals surface area contributed by atoms with Crippen molar-refractivity contribution in [3.63, 3.8) is 0 Å². The first-order chi connectivity index (χ1) is 12.9. The van der Waals surface area contributed by atoms with Gasteiger partial charge in [-0.1, -0.05) is 12.1 Å². The predicted molar refractivity (Wildman–Crippen MR) is 97.7 cm³/mol. The minimum absolute atomic E-state index is 0.101. The Balaban J connectivity index is 1.91. The Kier molecular flexibility index (Phi) is 7.45. The van der Waals surface area contributed by atoms with Gasteiger partial charge in [-0.25, -0.2) is 0 Å². The van der Waals surface area contributed by atoms with Crippen LogP contribution in [0.15, 0.2) is 24.3 Å². The van der Waals surface area contributed by atoms with E-state index in [1.54, 1.807) is 23.1 Å². The van der Waals surface area contributed by atoms with E-state index in [1.165, 1.54) is 18.9 Å². The first-order valence-electron chi connectivity index (χ1n) is 8.95. The third-order valence-corrected chi connectivity index (χ3v) is 4.62. The highest BCUT2D eigenvalue weighted by atomic mass is 16.5. The van der Waals surface area contributed by atoms with Crippen molar-refractivity contribution in [3.05, 3.63) is 24.3 Å². The van der Waals surface area contributed by atoms with E-state index in [1.807, 2.05) is 6.07 Å². The molecule has 148 valence electrons. The van der Waals surface area contributed by atoms with Crippen LogP contribution in [0.5, 0.6) is 11.5 Å². The van der Waals surface area contributed by atoms with E-state index in [4.69, 9.17) is 14.6 Å². The first kappa shape index (κ1) is 20.5. The fourth-order valence-electron chi connectivity index (χ4n) is 3.25. The van der Waals surface area contributed by atoms with Crippen molar-refractivity contribution in [2.45, 2.75) is 32.2 Å². The van der Waals surface area contributed by atoms with Crippen LogP contribution in [0.4, 0.5) is 0 Å². The third kappa shape index (κ3) is 5.87. The predicted octanol–water partition coefficient (Wildman–Crippen LogP) is 1.39. The van der Waals surface area contributed by atoms with Crippen molar-refractivity contribution >= 4 is 17.8 Å². The van der Waals surface area contributed by atoms with E-state index >= 15 is 0 Å². The van der Waals surface area contributed by atoms with E-state index in [0.29, 0.717) is 43.9 Å². The van der Waals surface area contributed by atoms with Gasteiger partial charge in [0.1, 0.15) is 6.54 Å². The Morgan fingerprint density at radius 3 is 2.52 bits per heavy atom. The van der Waals surface area contributed by atoms with Crippen molar-refractivity contribution in [1.29, 1.82) is 0 Å². The van der Waals surface area contributed by atoms with Crippen molar-refractivity contribution in [3.8, 4) is 11.5 Å². The summed E-state index contributed by atoms with van der Waals surface area (Å²) in [4.78, 5) is 38.4. The lowest BCUT2D eigenvalue weighted by molar-refractivity contribution is -0.145. The van der Waals surface area contributed by atoms with Crippen LogP contribution in [0.2, 0.25) is 0 Å². The first-order valence-corrected chi connectivity index (χ1v) is 8.95. The van der Waals surface area contributed by atoms with Crippen LogP contribution in [-0.2, 0) is 14.4 Å². The zero-order valence-electron chi connectivity index (χ0n) is 15.7. The number of ether oxygens (including phenoxy) is 2. The van der Waals surface area contributed by atoms with Gasteiger partial charge in [-0.2, -0.15) is 0 Å². The summed E-state index contributed by atoms with van der Waals surface area (Å²) in [5, 5.41) is 9.01. The highest BCUT2D eigenvalue weighted by molar-refractivity contribution is 5.80. The van der Waals surface area contributed by atoms with E-state index in [2.05, 4.69) is 0 Å². The molecule has 0 bridgehead atoms. The van der Waals surface area contributed by atoms with Crippen LogP contribution in [0, 0.1) is 0 Å². The summed E-state index contributed by atoms with van der Waals surface area (Å²) in [7, 11) is 1.54. The largest absolute Gasteiger partial charge is 0.493 e. The number of para-hydroxylation sites is 2. The summed E-state index contributed by atoms with van der Waals surface area (Å²) in [6.45, 7) is 1.98. The topological polar surface area (TPSA) is 96.4 Å². The average Bonchev–Trinajstić information content (AvgIpc) is 2.90. The monoisotopic (exact) mass is 378 g/mol. The molecular weight excluding hydrogens is 352 g/mol. The zero-order valence-corrected chi connectivity index (χ0v) is 15.7. The van der Waals surface area contributed by atoms with E-state index in [9.17, 15) is 14.4 Å². The number of carbonyl (C=O) groups excluding carboxylic acids is 2. The number of nitrogens with zero attached hydrogens (tertiary/aromatic N) is 2. The second-order valence-corrected chi connectivity index (χ2v) is 6.45. The Morgan fingerprint density at radius 2 is 1.89 bits per heavy atom. The molecule has 1 fully saturated rings. The summed E-state index contributed by atoms with van der Waals surface area (Å²) >= 11 is 0. The van der Waals surface area contributed by atoms with Gasteiger partial charge < -0.3 is 24.4 Å². The molecule has 1 aromatic carbocycles. The van der Waals surface area contributed by atoms with Gasteiger partial charge in [-0.05, 0) is 31.4 Å². The van der Waals surface area contributed by atoms with Gasteiger partial charge in [0.05, 0.1) is 7.11 Å². The number of carboxylic acid groups (broad SMARTS) is 1. The molecule has 2 rings (SSSR count). The number of likely N-dealkylation sites (tertiary alicyclic amines) is 1. The van der Waals surface area contributed by atoms with Crippen molar-refractivity contribution in [1.82, 2.24) is 9.80 Å². The molecule has 1 heterocycles. The summed E-state index contributed by atoms with van der Waals surface area (Å²) in [5.41, 5.74) is 0. The number of carboxylic acids is 1. The lowest BCUT2D eigenvalue weighted by Crippen LogP contribution is -2.43. The Morgan fingerprint density at radius 1 is 1.19 bits per heavy atom. The normalized spacial score (nSPS) is 17.0. The molecule has 8 nitrogen and oxygen atoms in total. The number of carbonyl (C=O) groups is 3. The Labute approximate surface area is 158 Å². The highest BCUT2D eigenvalue weighted by Gasteiger charge is 2.27. The number of benzene rings is 1. The van der Waals surface area contributed by atoms with Crippen LogP contribution in [0.25, 0.3) is 0 Å². The maximum atomic E-state index is 12.5. The molecule has 0 spiro atoms.